The molecule has 0 aromatic heterocycles. The van der Waals surface area contributed by atoms with Gasteiger partial charge in [-0.3, -0.25) is 4.79 Å². The molecule has 1 unspecified atom stereocenters. The Kier molecular flexibility index (Phi) is 6.62. The molecule has 27 heavy (non-hydrogen) atoms. The van der Waals surface area contributed by atoms with E-state index in [-0.39, 0.29) is 23.5 Å². The second kappa shape index (κ2) is 8.54. The zero-order valence-corrected chi connectivity index (χ0v) is 17.1. The molecule has 1 N–H and O–H groups in total. The van der Waals surface area contributed by atoms with E-state index in [2.05, 4.69) is 5.32 Å². The molecule has 0 radical (unpaired) electrons. The van der Waals surface area contributed by atoms with Crippen molar-refractivity contribution in [2.45, 2.75) is 31.7 Å². The maximum atomic E-state index is 12.2. The van der Waals surface area contributed by atoms with Gasteiger partial charge in [-0.2, -0.15) is 0 Å². The lowest BCUT2D eigenvalue weighted by atomic mass is 10.1. The number of benzene rings is 2. The van der Waals surface area contributed by atoms with Crippen molar-refractivity contribution >= 4 is 15.9 Å². The van der Waals surface area contributed by atoms with E-state index in [4.69, 9.17) is 4.74 Å². The SMILES string of the molecule is Cc1ccc(C)c(OCC(=O)NC(C)c2ccc(S(=O)(=O)N(C)C)cc2)c1. The van der Waals surface area contributed by atoms with Crippen LogP contribution >= 0.6 is 0 Å². The molecule has 1 amide bonds. The number of amides is 1. The van der Waals surface area contributed by atoms with Gasteiger partial charge in [0.25, 0.3) is 5.91 Å². The second-order valence-corrected chi connectivity index (χ2v) is 8.86. The van der Waals surface area contributed by atoms with E-state index in [1.54, 1.807) is 24.3 Å². The first-order valence-corrected chi connectivity index (χ1v) is 10.1. The van der Waals surface area contributed by atoms with Crippen molar-refractivity contribution in [1.29, 1.82) is 0 Å². The lowest BCUT2D eigenvalue weighted by Gasteiger charge is -2.17. The zero-order valence-electron chi connectivity index (χ0n) is 16.3. The summed E-state index contributed by atoms with van der Waals surface area (Å²) in [5.74, 6) is 0.449. The standard InChI is InChI=1S/C20H26N2O4S/c1-14-6-7-15(2)19(12-14)26-13-20(23)21-16(3)17-8-10-18(11-9-17)27(24,25)22(4)5/h6-12,16H,13H2,1-5H3,(H,21,23). The van der Waals surface area contributed by atoms with Crippen LogP contribution in [-0.2, 0) is 14.8 Å². The van der Waals surface area contributed by atoms with E-state index in [9.17, 15) is 13.2 Å². The van der Waals surface area contributed by atoms with Crippen LogP contribution in [-0.4, -0.2) is 39.3 Å². The van der Waals surface area contributed by atoms with Gasteiger partial charge in [-0.15, -0.1) is 0 Å². The summed E-state index contributed by atoms with van der Waals surface area (Å²) in [6.45, 7) is 5.65. The Bertz CT molecular complexity index is 906. The number of nitrogens with one attached hydrogen (secondary N) is 1. The highest BCUT2D eigenvalue weighted by molar-refractivity contribution is 7.89. The molecule has 1 atom stereocenters. The topological polar surface area (TPSA) is 75.7 Å². The fourth-order valence-electron chi connectivity index (χ4n) is 2.51. The average Bonchev–Trinajstić information content (AvgIpc) is 2.62. The number of hydrogen-bond donors (Lipinski definition) is 1. The molecule has 2 rings (SSSR count). The van der Waals surface area contributed by atoms with Crippen LogP contribution in [0.2, 0.25) is 0 Å². The van der Waals surface area contributed by atoms with Crippen LogP contribution in [0.3, 0.4) is 0 Å². The Labute approximate surface area is 161 Å². The molecular weight excluding hydrogens is 364 g/mol. The van der Waals surface area contributed by atoms with Crippen molar-refractivity contribution in [2.75, 3.05) is 20.7 Å². The Morgan fingerprint density at radius 2 is 1.74 bits per heavy atom. The fourth-order valence-corrected chi connectivity index (χ4v) is 3.41. The first kappa shape index (κ1) is 20.9. The predicted octanol–water partition coefficient (Wildman–Crippen LogP) is 2.81. The summed E-state index contributed by atoms with van der Waals surface area (Å²) in [7, 11) is -0.487. The zero-order chi connectivity index (χ0) is 20.2. The molecule has 0 fully saturated rings. The Morgan fingerprint density at radius 3 is 2.33 bits per heavy atom. The number of carbonyl (C=O) groups excluding carboxylic acids is 1. The molecule has 0 aliphatic rings. The number of rotatable bonds is 7. The van der Waals surface area contributed by atoms with Crippen LogP contribution in [0.5, 0.6) is 5.75 Å². The van der Waals surface area contributed by atoms with Gasteiger partial charge in [0.2, 0.25) is 10.0 Å². The molecule has 6 nitrogen and oxygen atoms in total. The van der Waals surface area contributed by atoms with E-state index in [1.807, 2.05) is 39.0 Å². The van der Waals surface area contributed by atoms with E-state index in [1.165, 1.54) is 14.1 Å². The van der Waals surface area contributed by atoms with Gasteiger partial charge in [0.1, 0.15) is 5.75 Å². The molecule has 0 spiro atoms. The number of hydrogen-bond acceptors (Lipinski definition) is 4. The van der Waals surface area contributed by atoms with Gasteiger partial charge < -0.3 is 10.1 Å². The van der Waals surface area contributed by atoms with Crippen molar-refractivity contribution in [1.82, 2.24) is 9.62 Å². The minimum absolute atomic E-state index is 0.0816. The molecule has 0 saturated heterocycles. The van der Waals surface area contributed by atoms with Gasteiger partial charge >= 0.3 is 0 Å². The third kappa shape index (κ3) is 5.30. The summed E-state index contributed by atoms with van der Waals surface area (Å²) in [6.07, 6.45) is 0. The van der Waals surface area contributed by atoms with Crippen LogP contribution in [0.25, 0.3) is 0 Å². The third-order valence-electron chi connectivity index (χ3n) is 4.24. The average molecular weight is 391 g/mol. The molecule has 0 saturated carbocycles. The predicted molar refractivity (Wildman–Crippen MR) is 105 cm³/mol. The monoisotopic (exact) mass is 390 g/mol. The first-order chi connectivity index (χ1) is 12.6. The smallest absolute Gasteiger partial charge is 0.258 e. The molecule has 0 aliphatic heterocycles. The molecule has 0 heterocycles. The van der Waals surface area contributed by atoms with Gasteiger partial charge in [-0.1, -0.05) is 24.3 Å². The molecule has 0 bridgehead atoms. The minimum Gasteiger partial charge on any atom is -0.483 e. The van der Waals surface area contributed by atoms with Crippen molar-refractivity contribution < 1.29 is 17.9 Å². The van der Waals surface area contributed by atoms with Gasteiger partial charge in [0.15, 0.2) is 6.61 Å². The van der Waals surface area contributed by atoms with E-state index in [0.29, 0.717) is 5.75 Å². The van der Waals surface area contributed by atoms with E-state index < -0.39 is 10.0 Å². The van der Waals surface area contributed by atoms with Gasteiger partial charge in [-0.05, 0) is 55.7 Å². The maximum Gasteiger partial charge on any atom is 0.258 e. The molecule has 146 valence electrons. The number of ether oxygens (including phenoxy) is 1. The summed E-state index contributed by atoms with van der Waals surface area (Å²) in [4.78, 5) is 12.4. The number of aryl methyl sites for hydroxylation is 2. The highest BCUT2D eigenvalue weighted by atomic mass is 32.2. The molecule has 7 heteroatoms. The van der Waals surface area contributed by atoms with Gasteiger partial charge in [-0.25, -0.2) is 12.7 Å². The Morgan fingerprint density at radius 1 is 1.11 bits per heavy atom. The van der Waals surface area contributed by atoms with E-state index in [0.717, 1.165) is 21.0 Å². The lowest BCUT2D eigenvalue weighted by molar-refractivity contribution is -0.123. The lowest BCUT2D eigenvalue weighted by Crippen LogP contribution is -2.31. The van der Waals surface area contributed by atoms with Crippen LogP contribution < -0.4 is 10.1 Å². The number of sulfonamides is 1. The second-order valence-electron chi connectivity index (χ2n) is 6.70. The molecular formula is C20H26N2O4S. The quantitative estimate of drug-likeness (QED) is 0.789. The molecule has 0 aliphatic carbocycles. The first-order valence-electron chi connectivity index (χ1n) is 8.63. The normalized spacial score (nSPS) is 12.7. The van der Waals surface area contributed by atoms with Crippen LogP contribution in [0.15, 0.2) is 47.4 Å². The summed E-state index contributed by atoms with van der Waals surface area (Å²) < 4.78 is 31.0. The minimum atomic E-state index is -3.46. The van der Waals surface area contributed by atoms with Crippen molar-refractivity contribution in [3.63, 3.8) is 0 Å². The fraction of sp³-hybridized carbons (Fsp3) is 0.350. The molecule has 2 aromatic carbocycles. The van der Waals surface area contributed by atoms with Crippen LogP contribution in [0.1, 0.15) is 29.7 Å². The Balaban J connectivity index is 1.97. The van der Waals surface area contributed by atoms with Crippen molar-refractivity contribution in [2.24, 2.45) is 0 Å². The summed E-state index contributed by atoms with van der Waals surface area (Å²) in [6, 6.07) is 12.1. The number of carbonyl (C=O) groups is 1. The summed E-state index contributed by atoms with van der Waals surface area (Å²) >= 11 is 0. The van der Waals surface area contributed by atoms with Crippen LogP contribution in [0.4, 0.5) is 0 Å². The maximum absolute atomic E-state index is 12.2. The van der Waals surface area contributed by atoms with Gasteiger partial charge in [0.05, 0.1) is 10.9 Å². The van der Waals surface area contributed by atoms with Crippen LogP contribution in [0, 0.1) is 13.8 Å². The van der Waals surface area contributed by atoms with Gasteiger partial charge in [0, 0.05) is 14.1 Å². The third-order valence-corrected chi connectivity index (χ3v) is 6.07. The highest BCUT2D eigenvalue weighted by Gasteiger charge is 2.18. The molecule has 2 aromatic rings. The van der Waals surface area contributed by atoms with Crippen molar-refractivity contribution in [3.05, 3.63) is 59.2 Å². The summed E-state index contributed by atoms with van der Waals surface area (Å²) in [5.41, 5.74) is 2.85. The summed E-state index contributed by atoms with van der Waals surface area (Å²) in [5, 5.41) is 2.86. The van der Waals surface area contributed by atoms with E-state index >= 15 is 0 Å². The van der Waals surface area contributed by atoms with Crippen molar-refractivity contribution in [3.8, 4) is 5.75 Å². The largest absolute Gasteiger partial charge is 0.483 e. The highest BCUT2D eigenvalue weighted by Crippen LogP contribution is 2.20. The number of nitrogens with zero attached hydrogens (tertiary/aromatic N) is 1. The Hall–Kier alpha value is -2.38.